The average molecular weight is 453 g/mol. The van der Waals surface area contributed by atoms with Crippen molar-refractivity contribution in [3.63, 3.8) is 0 Å². The zero-order valence-corrected chi connectivity index (χ0v) is 17.1. The zero-order chi connectivity index (χ0) is 22.0. The number of aromatic nitrogens is 1. The fourth-order valence-electron chi connectivity index (χ4n) is 3.50. The molecule has 2 aromatic carbocycles. The summed E-state index contributed by atoms with van der Waals surface area (Å²) in [6.07, 6.45) is -3.41. The molecule has 4 rings (SSSR count). The van der Waals surface area contributed by atoms with Crippen LogP contribution in [-0.4, -0.2) is 30.3 Å². The van der Waals surface area contributed by atoms with Crippen molar-refractivity contribution in [1.29, 1.82) is 0 Å². The van der Waals surface area contributed by atoms with Gasteiger partial charge < -0.3 is 15.0 Å². The van der Waals surface area contributed by atoms with E-state index in [4.69, 9.17) is 0 Å². The first-order valence-corrected chi connectivity index (χ1v) is 10.5. The summed E-state index contributed by atoms with van der Waals surface area (Å²) in [5.41, 5.74) is 1.44. The molecule has 1 aromatic heterocycles. The minimum absolute atomic E-state index is 0.0818. The van der Waals surface area contributed by atoms with Crippen LogP contribution in [0.1, 0.15) is 18.4 Å². The van der Waals surface area contributed by atoms with Crippen molar-refractivity contribution in [2.24, 2.45) is 5.92 Å². The van der Waals surface area contributed by atoms with E-state index in [-0.39, 0.29) is 29.9 Å². The van der Waals surface area contributed by atoms with Crippen LogP contribution < -0.4 is 15.0 Å². The van der Waals surface area contributed by atoms with E-state index in [1.165, 1.54) is 47.7 Å². The second-order valence-corrected chi connectivity index (χ2v) is 8.29. The van der Waals surface area contributed by atoms with Gasteiger partial charge in [0.15, 0.2) is 5.13 Å². The van der Waals surface area contributed by atoms with E-state index in [0.717, 1.165) is 15.3 Å². The predicted molar refractivity (Wildman–Crippen MR) is 109 cm³/mol. The maximum atomic E-state index is 13.4. The molecule has 3 aromatic rings. The molecule has 0 radical (unpaired) electrons. The van der Waals surface area contributed by atoms with Gasteiger partial charge in [-0.05, 0) is 48.7 Å². The van der Waals surface area contributed by atoms with Crippen molar-refractivity contribution >= 4 is 32.6 Å². The van der Waals surface area contributed by atoms with Gasteiger partial charge in [-0.1, -0.05) is 23.5 Å². The molecule has 0 spiro atoms. The number of thiazole rings is 1. The monoisotopic (exact) mass is 453 g/mol. The lowest BCUT2D eigenvalue weighted by Gasteiger charge is -2.31. The summed E-state index contributed by atoms with van der Waals surface area (Å²) in [4.78, 5) is 19.1. The third-order valence-electron chi connectivity index (χ3n) is 5.10. The summed E-state index contributed by atoms with van der Waals surface area (Å²) in [5.74, 6) is -0.814. The average Bonchev–Trinajstić information content (AvgIpc) is 3.15. The number of hydrogen-bond acceptors (Lipinski definition) is 5. The fourth-order valence-corrected chi connectivity index (χ4v) is 4.54. The van der Waals surface area contributed by atoms with Gasteiger partial charge in [-0.15, -0.1) is 13.2 Å². The van der Waals surface area contributed by atoms with Crippen LogP contribution in [0.3, 0.4) is 0 Å². The Labute approximate surface area is 179 Å². The number of nitrogens with one attached hydrogen (secondary N) is 1. The Hall–Kier alpha value is -2.88. The summed E-state index contributed by atoms with van der Waals surface area (Å²) >= 11 is 1.43. The van der Waals surface area contributed by atoms with Gasteiger partial charge in [-0.25, -0.2) is 9.37 Å². The number of benzene rings is 2. The number of alkyl halides is 3. The van der Waals surface area contributed by atoms with E-state index in [0.29, 0.717) is 31.5 Å². The van der Waals surface area contributed by atoms with Crippen LogP contribution in [0.4, 0.5) is 22.7 Å². The molecular formula is C21H19F4N3O2S. The van der Waals surface area contributed by atoms with Gasteiger partial charge in [0.25, 0.3) is 0 Å². The molecule has 5 nitrogen and oxygen atoms in total. The smallest absolute Gasteiger partial charge is 0.406 e. The Morgan fingerprint density at radius 1 is 1.16 bits per heavy atom. The summed E-state index contributed by atoms with van der Waals surface area (Å²) in [7, 11) is 0. The number of carbonyl (C=O) groups excluding carboxylic acids is 1. The Morgan fingerprint density at radius 3 is 2.55 bits per heavy atom. The van der Waals surface area contributed by atoms with Gasteiger partial charge in [0.1, 0.15) is 11.6 Å². The molecule has 0 unspecified atom stereocenters. The Morgan fingerprint density at radius 2 is 1.87 bits per heavy atom. The minimum Gasteiger partial charge on any atom is -0.406 e. The number of amides is 1. The third-order valence-corrected chi connectivity index (χ3v) is 6.18. The number of rotatable bonds is 5. The number of piperidine rings is 1. The largest absolute Gasteiger partial charge is 0.573 e. The molecule has 1 saturated heterocycles. The highest BCUT2D eigenvalue weighted by atomic mass is 32.1. The molecule has 0 bridgehead atoms. The number of nitrogens with zero attached hydrogens (tertiary/aromatic N) is 2. The fraction of sp³-hybridized carbons (Fsp3) is 0.333. The topological polar surface area (TPSA) is 54.5 Å². The lowest BCUT2D eigenvalue weighted by molar-refractivity contribution is -0.274. The molecule has 0 saturated carbocycles. The number of ether oxygens (including phenoxy) is 1. The van der Waals surface area contributed by atoms with E-state index >= 15 is 0 Å². The van der Waals surface area contributed by atoms with Crippen molar-refractivity contribution in [3.8, 4) is 5.75 Å². The standard InChI is InChI=1S/C21H19F4N3O2S/c22-15-3-6-17-18(11-15)31-20(27-17)28-9-7-14(8-10-28)19(29)26-12-13-1-4-16(5-2-13)30-21(23,24)25/h1-6,11,14H,7-10,12H2,(H,26,29). The number of hydrogen-bond donors (Lipinski definition) is 1. The molecule has 1 aliphatic rings. The van der Waals surface area contributed by atoms with Gasteiger partial charge in [0, 0.05) is 25.6 Å². The van der Waals surface area contributed by atoms with Gasteiger partial charge in [0.05, 0.1) is 10.2 Å². The van der Waals surface area contributed by atoms with Crippen LogP contribution >= 0.6 is 11.3 Å². The number of carbonyl (C=O) groups is 1. The van der Waals surface area contributed by atoms with Crippen molar-refractivity contribution in [2.75, 3.05) is 18.0 Å². The van der Waals surface area contributed by atoms with Crippen LogP contribution in [0, 0.1) is 11.7 Å². The normalized spacial score (nSPS) is 15.3. The molecule has 31 heavy (non-hydrogen) atoms. The summed E-state index contributed by atoms with van der Waals surface area (Å²) < 4.78 is 54.6. The number of fused-ring (bicyclic) bond motifs is 1. The van der Waals surface area contributed by atoms with Crippen LogP contribution in [0.25, 0.3) is 10.2 Å². The minimum atomic E-state index is -4.73. The van der Waals surface area contributed by atoms with Gasteiger partial charge in [0.2, 0.25) is 5.91 Å². The van der Waals surface area contributed by atoms with E-state index in [1.54, 1.807) is 6.07 Å². The Bertz CT molecular complexity index is 1060. The Balaban J connectivity index is 1.27. The SMILES string of the molecule is O=C(NCc1ccc(OC(F)(F)F)cc1)C1CCN(c2nc3ccc(F)cc3s2)CC1. The van der Waals surface area contributed by atoms with Crippen molar-refractivity contribution in [2.45, 2.75) is 25.7 Å². The molecular weight excluding hydrogens is 434 g/mol. The number of anilines is 1. The van der Waals surface area contributed by atoms with E-state index < -0.39 is 6.36 Å². The molecule has 1 amide bonds. The molecule has 10 heteroatoms. The highest BCUT2D eigenvalue weighted by Gasteiger charge is 2.31. The van der Waals surface area contributed by atoms with E-state index in [9.17, 15) is 22.4 Å². The van der Waals surface area contributed by atoms with E-state index in [2.05, 4.69) is 19.9 Å². The highest BCUT2D eigenvalue weighted by Crippen LogP contribution is 2.32. The van der Waals surface area contributed by atoms with Crippen LogP contribution in [-0.2, 0) is 11.3 Å². The zero-order valence-electron chi connectivity index (χ0n) is 16.3. The quantitative estimate of drug-likeness (QED) is 0.561. The first-order valence-electron chi connectivity index (χ1n) is 9.70. The first kappa shape index (κ1) is 21.4. The van der Waals surface area contributed by atoms with Crippen molar-refractivity contribution < 1.29 is 27.1 Å². The van der Waals surface area contributed by atoms with Gasteiger partial charge in [-0.3, -0.25) is 4.79 Å². The number of halogens is 4. The highest BCUT2D eigenvalue weighted by molar-refractivity contribution is 7.22. The van der Waals surface area contributed by atoms with E-state index in [1.807, 2.05) is 0 Å². The van der Waals surface area contributed by atoms with Gasteiger partial charge >= 0.3 is 6.36 Å². The van der Waals surface area contributed by atoms with Crippen LogP contribution in [0.2, 0.25) is 0 Å². The Kier molecular flexibility index (Phi) is 5.99. The third kappa shape index (κ3) is 5.43. The summed E-state index contributed by atoms with van der Waals surface area (Å²) in [6.45, 7) is 1.57. The second kappa shape index (κ2) is 8.70. The molecule has 0 atom stereocenters. The summed E-state index contributed by atoms with van der Waals surface area (Å²) in [5, 5.41) is 3.66. The predicted octanol–water partition coefficient (Wildman–Crippen LogP) is 4.87. The molecule has 1 aliphatic heterocycles. The molecule has 0 aliphatic carbocycles. The van der Waals surface area contributed by atoms with Crippen molar-refractivity contribution in [1.82, 2.24) is 10.3 Å². The van der Waals surface area contributed by atoms with Gasteiger partial charge in [-0.2, -0.15) is 0 Å². The lowest BCUT2D eigenvalue weighted by atomic mass is 9.96. The molecule has 2 heterocycles. The maximum Gasteiger partial charge on any atom is 0.573 e. The lowest BCUT2D eigenvalue weighted by Crippen LogP contribution is -2.40. The van der Waals surface area contributed by atoms with Crippen molar-refractivity contribution in [3.05, 3.63) is 53.8 Å². The molecule has 164 valence electrons. The second-order valence-electron chi connectivity index (χ2n) is 7.28. The molecule has 1 fully saturated rings. The van der Waals surface area contributed by atoms with Crippen LogP contribution in [0.15, 0.2) is 42.5 Å². The first-order chi connectivity index (χ1) is 14.8. The van der Waals surface area contributed by atoms with Crippen LogP contribution in [0.5, 0.6) is 5.75 Å². The summed E-state index contributed by atoms with van der Waals surface area (Å²) in [6, 6.07) is 9.93. The maximum absolute atomic E-state index is 13.4. The molecule has 1 N–H and O–H groups in total.